The van der Waals surface area contributed by atoms with Crippen LogP contribution in [0.4, 0.5) is 0 Å². The quantitative estimate of drug-likeness (QED) is 0.620. The summed E-state index contributed by atoms with van der Waals surface area (Å²) in [5, 5.41) is 23.0. The van der Waals surface area contributed by atoms with Gasteiger partial charge in [0.1, 0.15) is 0 Å². The zero-order chi connectivity index (χ0) is 23.5. The largest absolute Gasteiger partial charge is 0.390 e. The summed E-state index contributed by atoms with van der Waals surface area (Å²) in [5.41, 5.74) is 2.44. The van der Waals surface area contributed by atoms with E-state index in [0.29, 0.717) is 17.3 Å². The summed E-state index contributed by atoms with van der Waals surface area (Å²) in [6.07, 6.45) is 12.9. The molecule has 0 aliphatic heterocycles. The van der Waals surface area contributed by atoms with Crippen molar-refractivity contribution in [1.82, 2.24) is 9.97 Å². The molecule has 0 amide bonds. The summed E-state index contributed by atoms with van der Waals surface area (Å²) in [5.74, 6) is 3.58. The summed E-state index contributed by atoms with van der Waals surface area (Å²) in [6, 6.07) is 0. The number of rotatable bonds is 5. The number of aromatic nitrogens is 2. The normalized spacial score (nSPS) is 45.2. The second-order valence-corrected chi connectivity index (χ2v) is 13.2. The highest BCUT2D eigenvalue weighted by Gasteiger charge is 2.65. The molecule has 3 saturated carbocycles. The van der Waals surface area contributed by atoms with Crippen LogP contribution in [0, 0.1) is 52.3 Å². The van der Waals surface area contributed by atoms with Crippen molar-refractivity contribution in [3.05, 3.63) is 23.8 Å². The molecule has 33 heavy (non-hydrogen) atoms. The number of fused-ring (bicyclic) bond motifs is 6. The summed E-state index contributed by atoms with van der Waals surface area (Å²) >= 11 is 0. The fourth-order valence-corrected chi connectivity index (χ4v) is 9.49. The van der Waals surface area contributed by atoms with Crippen molar-refractivity contribution < 1.29 is 10.2 Å². The predicted octanol–water partition coefficient (Wildman–Crippen LogP) is 5.45. The molecule has 3 fully saturated rings. The Balaban J connectivity index is 1.40. The fourth-order valence-electron chi connectivity index (χ4n) is 9.49. The highest BCUT2D eigenvalue weighted by molar-refractivity contribution is 5.24. The first-order valence-corrected chi connectivity index (χ1v) is 13.8. The van der Waals surface area contributed by atoms with Crippen LogP contribution in [0.2, 0.25) is 0 Å². The van der Waals surface area contributed by atoms with E-state index >= 15 is 0 Å². The molecule has 10 atom stereocenters. The van der Waals surface area contributed by atoms with E-state index < -0.39 is 12.2 Å². The third kappa shape index (κ3) is 3.69. The van der Waals surface area contributed by atoms with Crippen LogP contribution < -0.4 is 0 Å². The van der Waals surface area contributed by atoms with Crippen LogP contribution >= 0.6 is 0 Å². The second-order valence-electron chi connectivity index (χ2n) is 13.2. The van der Waals surface area contributed by atoms with Crippen molar-refractivity contribution in [1.29, 1.82) is 0 Å². The Morgan fingerprint density at radius 2 is 1.58 bits per heavy atom. The van der Waals surface area contributed by atoms with Gasteiger partial charge in [0, 0.05) is 12.4 Å². The number of hydrogen-bond donors (Lipinski definition) is 2. The maximum absolute atomic E-state index is 11.6. The first kappa shape index (κ1) is 23.7. The minimum atomic E-state index is -0.656. The molecule has 4 aliphatic carbocycles. The number of nitrogens with zero attached hydrogens (tertiary/aromatic N) is 2. The molecule has 4 aliphatic rings. The molecule has 4 nitrogen and oxygen atoms in total. The van der Waals surface area contributed by atoms with Gasteiger partial charge >= 0.3 is 0 Å². The van der Waals surface area contributed by atoms with E-state index in [0.717, 1.165) is 42.0 Å². The molecule has 1 aromatic rings. The van der Waals surface area contributed by atoms with Gasteiger partial charge in [0.15, 0.2) is 0 Å². The number of hydrogen-bond acceptors (Lipinski definition) is 4. The highest BCUT2D eigenvalue weighted by atomic mass is 16.3. The summed E-state index contributed by atoms with van der Waals surface area (Å²) < 4.78 is 0. The lowest BCUT2D eigenvalue weighted by molar-refractivity contribution is -0.208. The molecular weight excluding hydrogens is 408 g/mol. The Morgan fingerprint density at radius 1 is 0.879 bits per heavy atom. The molecular formula is C29H46N2O2. The minimum Gasteiger partial charge on any atom is -0.390 e. The van der Waals surface area contributed by atoms with E-state index in [9.17, 15) is 10.2 Å². The van der Waals surface area contributed by atoms with Crippen molar-refractivity contribution in [2.75, 3.05) is 0 Å². The molecule has 0 unspecified atom stereocenters. The minimum absolute atomic E-state index is 0.00531. The summed E-state index contributed by atoms with van der Waals surface area (Å²) in [7, 11) is 0. The van der Waals surface area contributed by atoms with Crippen molar-refractivity contribution >= 4 is 0 Å². The van der Waals surface area contributed by atoms with Crippen molar-refractivity contribution in [2.24, 2.45) is 52.3 Å². The Labute approximate surface area is 201 Å². The fraction of sp³-hybridized carbons (Fsp3) is 0.862. The molecule has 0 aromatic carbocycles. The van der Waals surface area contributed by atoms with E-state index in [2.05, 4.69) is 44.6 Å². The molecule has 0 bridgehead atoms. The smallest absolute Gasteiger partial charge is 0.0839 e. The molecule has 0 spiro atoms. The average Bonchev–Trinajstić information content (AvgIpc) is 3.13. The molecule has 5 rings (SSSR count). The molecule has 4 heteroatoms. The highest BCUT2D eigenvalue weighted by Crippen LogP contribution is 2.67. The molecule has 1 aromatic heterocycles. The standard InChI is InChI=1S/C29H46N2O2/c1-17(2)7-6-8-18(3)19-9-10-20-25-21(11-12-28(19,20)4)29(5)16-24-23(30-13-14-31-24)15-22(29)26(32)27(25)33/h13-14,17-22,25-27,32-33H,6-12,15-16H2,1-5H3/t18-,19-,20+,21+,22-,25+,26-,27-,28-,29-/m1/s1. The molecule has 0 radical (unpaired) electrons. The zero-order valence-corrected chi connectivity index (χ0v) is 21.5. The van der Waals surface area contributed by atoms with Gasteiger partial charge in [-0.2, -0.15) is 0 Å². The molecule has 1 heterocycles. The van der Waals surface area contributed by atoms with Gasteiger partial charge in [-0.15, -0.1) is 0 Å². The van der Waals surface area contributed by atoms with Crippen LogP contribution in [0.25, 0.3) is 0 Å². The van der Waals surface area contributed by atoms with Crippen molar-refractivity contribution in [2.45, 2.75) is 105 Å². The third-order valence-corrected chi connectivity index (χ3v) is 11.2. The van der Waals surface area contributed by atoms with Gasteiger partial charge in [0.25, 0.3) is 0 Å². The lowest BCUT2D eigenvalue weighted by Crippen LogP contribution is -2.64. The first-order valence-electron chi connectivity index (χ1n) is 13.8. The van der Waals surface area contributed by atoms with Crippen LogP contribution in [0.5, 0.6) is 0 Å². The van der Waals surface area contributed by atoms with Gasteiger partial charge in [0.2, 0.25) is 0 Å². The van der Waals surface area contributed by atoms with Crippen LogP contribution in [-0.2, 0) is 12.8 Å². The van der Waals surface area contributed by atoms with Gasteiger partial charge in [-0.25, -0.2) is 0 Å². The number of aliphatic hydroxyl groups is 2. The topological polar surface area (TPSA) is 66.2 Å². The molecule has 0 saturated heterocycles. The maximum Gasteiger partial charge on any atom is 0.0839 e. The maximum atomic E-state index is 11.6. The molecule has 184 valence electrons. The monoisotopic (exact) mass is 454 g/mol. The van der Waals surface area contributed by atoms with Gasteiger partial charge in [0.05, 0.1) is 23.6 Å². The van der Waals surface area contributed by atoms with E-state index in [1.807, 2.05) is 6.20 Å². The first-order chi connectivity index (χ1) is 15.7. The molecule has 2 N–H and O–H groups in total. The van der Waals surface area contributed by atoms with Crippen LogP contribution in [0.1, 0.15) is 91.0 Å². The lowest BCUT2D eigenvalue weighted by Gasteiger charge is -2.63. The van der Waals surface area contributed by atoms with E-state index in [1.54, 1.807) is 6.20 Å². The number of aliphatic hydroxyl groups excluding tert-OH is 2. The van der Waals surface area contributed by atoms with Gasteiger partial charge < -0.3 is 10.2 Å². The van der Waals surface area contributed by atoms with Crippen LogP contribution in [0.3, 0.4) is 0 Å². The third-order valence-electron chi connectivity index (χ3n) is 11.2. The van der Waals surface area contributed by atoms with Crippen molar-refractivity contribution in [3.8, 4) is 0 Å². The Kier molecular flexibility index (Phi) is 6.17. The van der Waals surface area contributed by atoms with Gasteiger partial charge in [-0.05, 0) is 90.8 Å². The van der Waals surface area contributed by atoms with Gasteiger partial charge in [-0.3, -0.25) is 9.97 Å². The van der Waals surface area contributed by atoms with E-state index in [4.69, 9.17) is 0 Å². The zero-order valence-electron chi connectivity index (χ0n) is 21.5. The van der Waals surface area contributed by atoms with Crippen LogP contribution in [-0.4, -0.2) is 32.4 Å². The Bertz CT molecular complexity index is 858. The average molecular weight is 455 g/mol. The summed E-state index contributed by atoms with van der Waals surface area (Å²) in [4.78, 5) is 9.27. The Hall–Kier alpha value is -1.00. The SMILES string of the molecule is CC(C)CCC[C@@H](C)[C@H]1CC[C@H]2[C@@H]3[C@@H](O)[C@H](O)[C@H]4Cc5nccnc5C[C@]4(C)[C@H]3CC[C@]12C. The lowest BCUT2D eigenvalue weighted by atomic mass is 9.43. The Morgan fingerprint density at radius 3 is 2.30 bits per heavy atom. The second kappa shape index (κ2) is 8.59. The van der Waals surface area contributed by atoms with E-state index in [-0.39, 0.29) is 17.3 Å². The van der Waals surface area contributed by atoms with Gasteiger partial charge in [-0.1, -0.05) is 53.9 Å². The summed E-state index contributed by atoms with van der Waals surface area (Å²) in [6.45, 7) is 12.1. The predicted molar refractivity (Wildman–Crippen MR) is 131 cm³/mol. The van der Waals surface area contributed by atoms with Crippen molar-refractivity contribution in [3.63, 3.8) is 0 Å². The van der Waals surface area contributed by atoms with E-state index in [1.165, 1.54) is 44.9 Å². The van der Waals surface area contributed by atoms with Crippen LogP contribution in [0.15, 0.2) is 12.4 Å².